The van der Waals surface area contributed by atoms with Crippen molar-refractivity contribution in [1.82, 2.24) is 0 Å². The molecule has 0 amide bonds. The van der Waals surface area contributed by atoms with Crippen molar-refractivity contribution in [3.63, 3.8) is 0 Å². The first-order valence-corrected chi connectivity index (χ1v) is 17.5. The topological polar surface area (TPSA) is 3.24 Å². The van der Waals surface area contributed by atoms with E-state index in [4.69, 9.17) is 0 Å². The van der Waals surface area contributed by atoms with Crippen molar-refractivity contribution in [2.24, 2.45) is 0 Å². The zero-order valence-electron chi connectivity index (χ0n) is 28.2. The van der Waals surface area contributed by atoms with Crippen molar-refractivity contribution >= 4 is 60.2 Å². The van der Waals surface area contributed by atoms with Gasteiger partial charge in [-0.25, -0.2) is 0 Å². The Kier molecular flexibility index (Phi) is 6.29. The standard InChI is InChI=1S/C49H35N/c1-49(2)44-26-14-12-25-42(44)47-46(30-33-18-6-7-20-36(33)48(47)49)50(45-27-15-13-19-35(45)32-16-4-3-5-17-32)34-28-29-41-39-23-9-8-21-37(39)38-22-10-11-24-40(38)43(41)31-34/h3-31H,1-2H3. The van der Waals surface area contributed by atoms with Gasteiger partial charge in [0, 0.05) is 22.2 Å². The molecule has 0 saturated carbocycles. The summed E-state index contributed by atoms with van der Waals surface area (Å²) < 4.78 is 0. The maximum Gasteiger partial charge on any atom is 0.0549 e. The molecule has 50 heavy (non-hydrogen) atoms. The molecule has 1 aliphatic rings. The van der Waals surface area contributed by atoms with E-state index in [1.807, 2.05) is 0 Å². The first-order chi connectivity index (χ1) is 24.6. The average Bonchev–Trinajstić information content (AvgIpc) is 3.42. The van der Waals surface area contributed by atoms with Gasteiger partial charge in [-0.2, -0.15) is 0 Å². The molecule has 10 rings (SSSR count). The van der Waals surface area contributed by atoms with E-state index in [0.29, 0.717) is 0 Å². The Morgan fingerprint density at radius 3 is 1.66 bits per heavy atom. The van der Waals surface area contributed by atoms with Gasteiger partial charge in [0.25, 0.3) is 0 Å². The van der Waals surface area contributed by atoms with E-state index in [2.05, 4.69) is 195 Å². The fraction of sp³-hybridized carbons (Fsp3) is 0.0612. The Bertz CT molecular complexity index is 2750. The van der Waals surface area contributed by atoms with Crippen LogP contribution in [0.25, 0.3) is 65.3 Å². The summed E-state index contributed by atoms with van der Waals surface area (Å²) in [5, 5.41) is 10.2. The molecule has 0 saturated heterocycles. The molecule has 0 N–H and O–H groups in total. The highest BCUT2D eigenvalue weighted by molar-refractivity contribution is 6.26. The van der Waals surface area contributed by atoms with Crippen LogP contribution in [-0.4, -0.2) is 0 Å². The zero-order valence-corrected chi connectivity index (χ0v) is 28.2. The lowest BCUT2D eigenvalue weighted by Gasteiger charge is -2.32. The van der Waals surface area contributed by atoms with Gasteiger partial charge in [0.2, 0.25) is 0 Å². The Balaban J connectivity index is 1.36. The molecule has 0 atom stereocenters. The molecule has 236 valence electrons. The third-order valence-electron chi connectivity index (χ3n) is 11.0. The van der Waals surface area contributed by atoms with Crippen LogP contribution in [0.1, 0.15) is 25.0 Å². The van der Waals surface area contributed by atoms with Crippen LogP contribution in [0.15, 0.2) is 176 Å². The molecule has 0 aromatic heterocycles. The van der Waals surface area contributed by atoms with Crippen LogP contribution in [-0.2, 0) is 5.41 Å². The molecule has 1 nitrogen and oxygen atoms in total. The van der Waals surface area contributed by atoms with E-state index in [-0.39, 0.29) is 5.41 Å². The molecular weight excluding hydrogens is 603 g/mol. The van der Waals surface area contributed by atoms with Crippen molar-refractivity contribution in [3.05, 3.63) is 187 Å². The Morgan fingerprint density at radius 2 is 0.940 bits per heavy atom. The average molecular weight is 638 g/mol. The minimum absolute atomic E-state index is 0.162. The second-order valence-corrected chi connectivity index (χ2v) is 14.1. The second kappa shape index (κ2) is 10.9. The number of para-hydroxylation sites is 1. The molecule has 0 aliphatic heterocycles. The Morgan fingerprint density at radius 1 is 0.400 bits per heavy atom. The highest BCUT2D eigenvalue weighted by atomic mass is 15.1. The van der Waals surface area contributed by atoms with Crippen LogP contribution in [0.5, 0.6) is 0 Å². The molecule has 0 spiro atoms. The third kappa shape index (κ3) is 4.13. The van der Waals surface area contributed by atoms with Crippen LogP contribution >= 0.6 is 0 Å². The lowest BCUT2D eigenvalue weighted by atomic mass is 9.80. The molecule has 0 fully saturated rings. The lowest BCUT2D eigenvalue weighted by Crippen LogP contribution is -2.17. The zero-order chi connectivity index (χ0) is 33.4. The quantitative estimate of drug-likeness (QED) is 0.174. The van der Waals surface area contributed by atoms with Gasteiger partial charge >= 0.3 is 0 Å². The summed E-state index contributed by atoms with van der Waals surface area (Å²) in [7, 11) is 0. The number of hydrogen-bond donors (Lipinski definition) is 0. The third-order valence-corrected chi connectivity index (χ3v) is 11.0. The second-order valence-electron chi connectivity index (χ2n) is 14.1. The van der Waals surface area contributed by atoms with Crippen molar-refractivity contribution in [2.45, 2.75) is 19.3 Å². The van der Waals surface area contributed by atoms with Gasteiger partial charge in [-0.3, -0.25) is 0 Å². The van der Waals surface area contributed by atoms with Crippen LogP contribution in [0.4, 0.5) is 17.1 Å². The monoisotopic (exact) mass is 637 g/mol. The number of nitrogens with zero attached hydrogens (tertiary/aromatic N) is 1. The molecule has 0 unspecified atom stereocenters. The van der Waals surface area contributed by atoms with Gasteiger partial charge in [0.1, 0.15) is 0 Å². The highest BCUT2D eigenvalue weighted by Gasteiger charge is 2.39. The maximum atomic E-state index is 2.54. The summed E-state index contributed by atoms with van der Waals surface area (Å²) in [6.07, 6.45) is 0. The molecule has 9 aromatic carbocycles. The summed E-state index contributed by atoms with van der Waals surface area (Å²) in [5.74, 6) is 0. The van der Waals surface area contributed by atoms with Crippen molar-refractivity contribution in [3.8, 4) is 22.3 Å². The van der Waals surface area contributed by atoms with Crippen LogP contribution < -0.4 is 4.90 Å². The lowest BCUT2D eigenvalue weighted by molar-refractivity contribution is 0.666. The van der Waals surface area contributed by atoms with Crippen molar-refractivity contribution in [1.29, 1.82) is 0 Å². The Hall–Kier alpha value is -6.18. The normalized spacial score (nSPS) is 13.2. The van der Waals surface area contributed by atoms with Gasteiger partial charge in [0.05, 0.1) is 11.4 Å². The van der Waals surface area contributed by atoms with E-state index in [9.17, 15) is 0 Å². The smallest absolute Gasteiger partial charge is 0.0549 e. The first kappa shape index (κ1) is 28.8. The minimum atomic E-state index is -0.162. The molecule has 1 aliphatic carbocycles. The number of benzene rings is 9. The highest BCUT2D eigenvalue weighted by Crippen LogP contribution is 2.57. The number of anilines is 3. The molecule has 1 heteroatoms. The SMILES string of the molecule is CC1(C)c2ccccc2-c2c(N(c3ccc4c5ccccc5c5ccccc5c4c3)c3ccccc3-c3ccccc3)cc3ccccc3c21. The molecular formula is C49H35N. The largest absolute Gasteiger partial charge is 0.309 e. The van der Waals surface area contributed by atoms with E-state index >= 15 is 0 Å². The molecule has 0 radical (unpaired) electrons. The van der Waals surface area contributed by atoms with E-state index in [1.54, 1.807) is 0 Å². The van der Waals surface area contributed by atoms with Crippen molar-refractivity contribution in [2.75, 3.05) is 4.90 Å². The number of fused-ring (bicyclic) bond motifs is 11. The number of rotatable bonds is 4. The summed E-state index contributed by atoms with van der Waals surface area (Å²) >= 11 is 0. The predicted octanol–water partition coefficient (Wildman–Crippen LogP) is 13.7. The van der Waals surface area contributed by atoms with Gasteiger partial charge in [-0.05, 0) is 89.6 Å². The van der Waals surface area contributed by atoms with E-state index in [1.165, 1.54) is 82.2 Å². The summed E-state index contributed by atoms with van der Waals surface area (Å²) in [4.78, 5) is 2.54. The molecule has 9 aromatic rings. The van der Waals surface area contributed by atoms with Gasteiger partial charge in [-0.15, -0.1) is 0 Å². The van der Waals surface area contributed by atoms with Gasteiger partial charge in [0.15, 0.2) is 0 Å². The van der Waals surface area contributed by atoms with Crippen LogP contribution in [0.2, 0.25) is 0 Å². The fourth-order valence-corrected chi connectivity index (χ4v) is 8.78. The maximum absolute atomic E-state index is 2.54. The summed E-state index contributed by atoms with van der Waals surface area (Å²) in [6, 6.07) is 64.9. The predicted molar refractivity (Wildman–Crippen MR) is 214 cm³/mol. The summed E-state index contributed by atoms with van der Waals surface area (Å²) in [6.45, 7) is 4.78. The van der Waals surface area contributed by atoms with Gasteiger partial charge < -0.3 is 4.90 Å². The molecule has 0 bridgehead atoms. The molecule has 0 heterocycles. The Labute approximate surface area is 292 Å². The fourth-order valence-electron chi connectivity index (χ4n) is 8.78. The van der Waals surface area contributed by atoms with E-state index < -0.39 is 0 Å². The number of hydrogen-bond acceptors (Lipinski definition) is 1. The van der Waals surface area contributed by atoms with Crippen LogP contribution in [0.3, 0.4) is 0 Å². The van der Waals surface area contributed by atoms with Gasteiger partial charge in [-0.1, -0.05) is 166 Å². The van der Waals surface area contributed by atoms with Crippen molar-refractivity contribution < 1.29 is 0 Å². The minimum Gasteiger partial charge on any atom is -0.309 e. The first-order valence-electron chi connectivity index (χ1n) is 17.5. The summed E-state index contributed by atoms with van der Waals surface area (Å²) in [5.41, 5.74) is 11.1. The van der Waals surface area contributed by atoms with Crippen LogP contribution in [0, 0.1) is 0 Å². The van der Waals surface area contributed by atoms with E-state index in [0.717, 1.165) is 11.4 Å².